The zero-order valence-electron chi connectivity index (χ0n) is 28.7. The molecule has 12 heteroatoms. The summed E-state index contributed by atoms with van der Waals surface area (Å²) in [6.45, 7) is 0. The van der Waals surface area contributed by atoms with Crippen LogP contribution in [-0.4, -0.2) is 9.55 Å². The van der Waals surface area contributed by atoms with Crippen LogP contribution in [0.5, 0.6) is 0 Å². The molecule has 0 unspecified atom stereocenters. The third-order valence-electron chi connectivity index (χ3n) is 10.00. The quantitative estimate of drug-likeness (QED) is 0.0736. The Bertz CT molecular complexity index is 3060. The Balaban J connectivity index is 1.32. The van der Waals surface area contributed by atoms with Gasteiger partial charge in [0.25, 0.3) is 0 Å². The highest BCUT2D eigenvalue weighted by Gasteiger charge is 2.33. The average molecular weight is 779 g/mol. The van der Waals surface area contributed by atoms with Gasteiger partial charge in [0, 0.05) is 22.4 Å². The van der Waals surface area contributed by atoms with Crippen molar-refractivity contribution in [3.8, 4) is 50.5 Å². The summed E-state index contributed by atoms with van der Waals surface area (Å²) in [6.07, 6.45) is 0. The van der Waals surface area contributed by atoms with Gasteiger partial charge in [0.2, 0.25) is 11.6 Å². The molecule has 0 amide bonds. The SMILES string of the molecule is Fc1c(F)c(F)c(-c2c3ccccc3c(-c3c(F)c(F)c(F)c(F)c3F)c3cc(-c4ccc(-c5nc6ccccc6n5-c5ccccc5)cc4)ccc23)c(F)c1F. The Morgan fingerprint density at radius 1 is 0.333 bits per heavy atom. The average Bonchev–Trinajstić information content (AvgIpc) is 3.64. The van der Waals surface area contributed by atoms with Gasteiger partial charge in [0.1, 0.15) is 5.82 Å². The van der Waals surface area contributed by atoms with E-state index in [1.54, 1.807) is 24.3 Å². The summed E-state index contributed by atoms with van der Waals surface area (Å²) in [7, 11) is 0. The molecular weight excluding hydrogens is 758 g/mol. The lowest BCUT2D eigenvalue weighted by Crippen LogP contribution is -2.07. The first-order chi connectivity index (χ1) is 27.5. The molecule has 9 aromatic rings. The predicted octanol–water partition coefficient (Wildman–Crippen LogP) is 13.4. The van der Waals surface area contributed by atoms with Gasteiger partial charge in [-0.05, 0) is 63.0 Å². The van der Waals surface area contributed by atoms with Crippen LogP contribution in [0.4, 0.5) is 43.9 Å². The number of aromatic nitrogens is 2. The van der Waals surface area contributed by atoms with Crippen molar-refractivity contribution in [3.63, 3.8) is 0 Å². The van der Waals surface area contributed by atoms with E-state index in [4.69, 9.17) is 4.98 Å². The Labute approximate surface area is 315 Å². The lowest BCUT2D eigenvalue weighted by Gasteiger charge is -2.20. The van der Waals surface area contributed by atoms with E-state index >= 15 is 17.6 Å². The molecule has 1 aromatic heterocycles. The molecule has 2 nitrogen and oxygen atoms in total. The van der Waals surface area contributed by atoms with Crippen LogP contribution in [0.2, 0.25) is 0 Å². The minimum atomic E-state index is -2.41. The van der Waals surface area contributed by atoms with Crippen molar-refractivity contribution in [1.82, 2.24) is 9.55 Å². The molecule has 0 bridgehead atoms. The van der Waals surface area contributed by atoms with Crippen molar-refractivity contribution in [2.45, 2.75) is 0 Å². The number of hydrogen-bond donors (Lipinski definition) is 0. The second kappa shape index (κ2) is 13.4. The molecule has 57 heavy (non-hydrogen) atoms. The Morgan fingerprint density at radius 3 is 1.32 bits per heavy atom. The first-order valence-corrected chi connectivity index (χ1v) is 17.1. The number of halogens is 10. The molecule has 1 heterocycles. The standard InChI is InChI=1S/C45H20F10N2/c46-35-33(36(47)40(51)43(54)39(35)50)31-25-10-4-5-11-26(25)32(34-37(48)41(52)44(55)42(53)38(34)49)28-20-23(18-19-27(28)31)21-14-16-22(17-15-21)45-56-29-12-6-7-13-30(29)57(45)24-8-2-1-3-9-24/h1-20H. The van der Waals surface area contributed by atoms with Crippen molar-refractivity contribution in [2.24, 2.45) is 0 Å². The fourth-order valence-electron chi connectivity index (χ4n) is 7.42. The number of rotatable bonds is 5. The minimum absolute atomic E-state index is 0.300. The maximum Gasteiger partial charge on any atom is 0.200 e. The molecule has 0 aliphatic rings. The van der Waals surface area contributed by atoms with E-state index in [0.717, 1.165) is 16.7 Å². The predicted molar refractivity (Wildman–Crippen MR) is 197 cm³/mol. The van der Waals surface area contributed by atoms with Crippen molar-refractivity contribution in [1.29, 1.82) is 0 Å². The molecule has 0 spiro atoms. The first-order valence-electron chi connectivity index (χ1n) is 17.1. The van der Waals surface area contributed by atoms with E-state index in [-0.39, 0.29) is 21.5 Å². The summed E-state index contributed by atoms with van der Waals surface area (Å²) in [5.74, 6) is -22.0. The van der Waals surface area contributed by atoms with E-state index in [1.165, 1.54) is 42.5 Å². The van der Waals surface area contributed by atoms with Crippen molar-refractivity contribution in [2.75, 3.05) is 0 Å². The molecule has 0 radical (unpaired) electrons. The van der Waals surface area contributed by atoms with Crippen molar-refractivity contribution >= 4 is 32.6 Å². The molecule has 280 valence electrons. The van der Waals surface area contributed by atoms with Gasteiger partial charge in [-0.2, -0.15) is 0 Å². The largest absolute Gasteiger partial charge is 0.292 e. The highest BCUT2D eigenvalue weighted by Crippen LogP contribution is 2.48. The zero-order valence-corrected chi connectivity index (χ0v) is 28.7. The number of fused-ring (bicyclic) bond motifs is 3. The lowest BCUT2D eigenvalue weighted by molar-refractivity contribution is 0.381. The molecule has 0 fully saturated rings. The molecule has 0 saturated carbocycles. The van der Waals surface area contributed by atoms with Gasteiger partial charge >= 0.3 is 0 Å². The maximum absolute atomic E-state index is 15.7. The fourth-order valence-corrected chi connectivity index (χ4v) is 7.42. The topological polar surface area (TPSA) is 17.8 Å². The maximum atomic E-state index is 15.7. The number of hydrogen-bond acceptors (Lipinski definition) is 1. The van der Waals surface area contributed by atoms with Gasteiger partial charge in [-0.1, -0.05) is 91.0 Å². The minimum Gasteiger partial charge on any atom is -0.292 e. The monoisotopic (exact) mass is 778 g/mol. The van der Waals surface area contributed by atoms with Crippen LogP contribution in [0.25, 0.3) is 83.0 Å². The van der Waals surface area contributed by atoms with E-state index < -0.39 is 80.4 Å². The molecular formula is C45H20F10N2. The second-order valence-electron chi connectivity index (χ2n) is 13.1. The molecule has 0 aliphatic heterocycles. The molecule has 0 N–H and O–H groups in total. The van der Waals surface area contributed by atoms with Crippen LogP contribution in [0.3, 0.4) is 0 Å². The van der Waals surface area contributed by atoms with Crippen LogP contribution in [0, 0.1) is 58.2 Å². The summed E-state index contributed by atoms with van der Waals surface area (Å²) < 4.78 is 152. The van der Waals surface area contributed by atoms with Crippen LogP contribution in [0.1, 0.15) is 0 Å². The summed E-state index contributed by atoms with van der Waals surface area (Å²) in [5, 5.41) is -1.24. The van der Waals surface area contributed by atoms with Gasteiger partial charge in [0.05, 0.1) is 22.2 Å². The molecule has 8 aromatic carbocycles. The Hall–Kier alpha value is -6.95. The van der Waals surface area contributed by atoms with Gasteiger partial charge in [0.15, 0.2) is 46.5 Å². The van der Waals surface area contributed by atoms with Crippen molar-refractivity contribution in [3.05, 3.63) is 179 Å². The van der Waals surface area contributed by atoms with E-state index in [1.807, 2.05) is 59.2 Å². The van der Waals surface area contributed by atoms with Crippen molar-refractivity contribution < 1.29 is 43.9 Å². The van der Waals surface area contributed by atoms with Crippen LogP contribution < -0.4 is 0 Å². The summed E-state index contributed by atoms with van der Waals surface area (Å²) >= 11 is 0. The van der Waals surface area contributed by atoms with Gasteiger partial charge in [-0.25, -0.2) is 48.9 Å². The highest BCUT2D eigenvalue weighted by molar-refractivity contribution is 6.22. The number of benzene rings is 8. The smallest absolute Gasteiger partial charge is 0.200 e. The number of nitrogens with zero attached hydrogens (tertiary/aromatic N) is 2. The molecule has 0 atom stereocenters. The zero-order chi connectivity index (χ0) is 39.9. The van der Waals surface area contributed by atoms with Gasteiger partial charge in [-0.15, -0.1) is 0 Å². The highest BCUT2D eigenvalue weighted by atomic mass is 19.2. The summed E-state index contributed by atoms with van der Waals surface area (Å²) in [5.41, 5.74) is 0.0187. The van der Waals surface area contributed by atoms with E-state index in [2.05, 4.69) is 0 Å². The van der Waals surface area contributed by atoms with Crippen LogP contribution in [0.15, 0.2) is 121 Å². The van der Waals surface area contributed by atoms with Gasteiger partial charge < -0.3 is 0 Å². The Kier molecular flexibility index (Phi) is 8.38. The first kappa shape index (κ1) is 35.7. The third kappa shape index (κ3) is 5.38. The molecule has 9 rings (SSSR count). The number of imidazole rings is 1. The van der Waals surface area contributed by atoms with Gasteiger partial charge in [-0.3, -0.25) is 4.57 Å². The summed E-state index contributed by atoms with van der Waals surface area (Å²) in [6, 6.07) is 32.9. The third-order valence-corrected chi connectivity index (χ3v) is 10.00. The van der Waals surface area contributed by atoms with E-state index in [0.29, 0.717) is 22.5 Å². The Morgan fingerprint density at radius 2 is 0.754 bits per heavy atom. The molecule has 0 aliphatic carbocycles. The fraction of sp³-hybridized carbons (Fsp3) is 0. The van der Waals surface area contributed by atoms with E-state index in [9.17, 15) is 26.3 Å². The lowest BCUT2D eigenvalue weighted by atomic mass is 9.84. The molecule has 0 saturated heterocycles. The summed E-state index contributed by atoms with van der Waals surface area (Å²) in [4.78, 5) is 4.85. The van der Waals surface area contributed by atoms with Crippen LogP contribution >= 0.6 is 0 Å². The number of para-hydroxylation sites is 3. The van der Waals surface area contributed by atoms with Crippen LogP contribution in [-0.2, 0) is 0 Å². The second-order valence-corrected chi connectivity index (χ2v) is 13.1. The normalized spacial score (nSPS) is 11.7.